The number of nitrogens with one attached hydrogen (secondary N) is 2. The van der Waals surface area contributed by atoms with Gasteiger partial charge >= 0.3 is 12.1 Å². The van der Waals surface area contributed by atoms with Crippen molar-refractivity contribution in [2.75, 3.05) is 49.9 Å². The highest BCUT2D eigenvalue weighted by Gasteiger charge is 2.28. The van der Waals surface area contributed by atoms with E-state index in [1.807, 2.05) is 49.9 Å². The third-order valence-corrected chi connectivity index (χ3v) is 8.16. The molecular formula is C30H38N8O2. The standard InChI is InChI=1S/C30H38N8O2/c1-4-35(5-2)30(40)38-21(3)16-22-17-24(8-9-27(22)38)33-26-18-28(32-20-23(26)19-31)34-29(39)37-14-10-25(11-15-37)36-12-6-7-13-36/h8-9,16-18,20,25H,4-7,10-15H2,1-3H3,(H2,32,33,34,39). The van der Waals surface area contributed by atoms with Gasteiger partial charge < -0.3 is 20.0 Å². The van der Waals surface area contributed by atoms with E-state index in [9.17, 15) is 14.9 Å². The lowest BCUT2D eigenvalue weighted by Gasteiger charge is -2.36. The predicted molar refractivity (Wildman–Crippen MR) is 157 cm³/mol. The second-order valence-corrected chi connectivity index (χ2v) is 10.6. The molecule has 1 aromatic carbocycles. The van der Waals surface area contributed by atoms with Crippen molar-refractivity contribution >= 4 is 40.2 Å². The van der Waals surface area contributed by atoms with Gasteiger partial charge in [0.2, 0.25) is 0 Å². The second-order valence-electron chi connectivity index (χ2n) is 10.6. The number of rotatable bonds is 6. The van der Waals surface area contributed by atoms with Crippen LogP contribution in [0.4, 0.5) is 26.8 Å². The molecule has 2 aliphatic heterocycles. The topological polar surface area (TPSA) is 110 Å². The molecule has 0 atom stereocenters. The highest BCUT2D eigenvalue weighted by Crippen LogP contribution is 2.28. The van der Waals surface area contributed by atoms with Gasteiger partial charge in [0.15, 0.2) is 0 Å². The van der Waals surface area contributed by atoms with Crippen LogP contribution < -0.4 is 10.6 Å². The third kappa shape index (κ3) is 5.61. The van der Waals surface area contributed by atoms with Crippen LogP contribution in [0, 0.1) is 18.3 Å². The van der Waals surface area contributed by atoms with Crippen molar-refractivity contribution in [3.8, 4) is 6.07 Å². The summed E-state index contributed by atoms with van der Waals surface area (Å²) in [5.41, 5.74) is 3.38. The minimum absolute atomic E-state index is 0.0419. The van der Waals surface area contributed by atoms with Crippen LogP contribution in [-0.4, -0.2) is 81.6 Å². The average molecular weight is 543 g/mol. The van der Waals surface area contributed by atoms with Crippen molar-refractivity contribution in [1.29, 1.82) is 5.26 Å². The molecule has 3 amide bonds. The van der Waals surface area contributed by atoms with Crippen LogP contribution in [0.15, 0.2) is 36.5 Å². The van der Waals surface area contributed by atoms with Gasteiger partial charge in [0, 0.05) is 61.3 Å². The summed E-state index contributed by atoms with van der Waals surface area (Å²) in [4.78, 5) is 36.6. The lowest BCUT2D eigenvalue weighted by Crippen LogP contribution is -2.47. The van der Waals surface area contributed by atoms with Crippen molar-refractivity contribution in [3.63, 3.8) is 0 Å². The molecule has 0 unspecified atom stereocenters. The highest BCUT2D eigenvalue weighted by molar-refractivity contribution is 5.95. The molecule has 2 saturated heterocycles. The summed E-state index contributed by atoms with van der Waals surface area (Å²) in [5.74, 6) is 0.390. The largest absolute Gasteiger partial charge is 0.354 e. The van der Waals surface area contributed by atoms with Crippen molar-refractivity contribution < 1.29 is 9.59 Å². The molecule has 2 fully saturated rings. The summed E-state index contributed by atoms with van der Waals surface area (Å²) in [7, 11) is 0. The number of piperidine rings is 1. The molecule has 40 heavy (non-hydrogen) atoms. The number of amides is 3. The SMILES string of the molecule is CCN(CC)C(=O)n1c(C)cc2cc(Nc3cc(NC(=O)N4CCC(N5CCCC5)CC4)ncc3C#N)ccc21. The van der Waals surface area contributed by atoms with Gasteiger partial charge in [0.1, 0.15) is 11.9 Å². The molecule has 0 saturated carbocycles. The lowest BCUT2D eigenvalue weighted by molar-refractivity contribution is 0.140. The second kappa shape index (κ2) is 12.0. The summed E-state index contributed by atoms with van der Waals surface area (Å²) < 4.78 is 1.74. The molecule has 0 radical (unpaired) electrons. The number of urea groups is 1. The van der Waals surface area contributed by atoms with Crippen LogP contribution in [0.5, 0.6) is 0 Å². The molecule has 10 heteroatoms. The van der Waals surface area contributed by atoms with Crippen molar-refractivity contribution in [3.05, 3.63) is 47.8 Å². The fourth-order valence-electron chi connectivity index (χ4n) is 5.92. The van der Waals surface area contributed by atoms with Gasteiger partial charge in [-0.05, 0) is 83.8 Å². The number of carbonyl (C=O) groups is 2. The zero-order chi connectivity index (χ0) is 28.2. The van der Waals surface area contributed by atoms with E-state index in [-0.39, 0.29) is 12.1 Å². The number of benzene rings is 1. The van der Waals surface area contributed by atoms with Crippen LogP contribution in [0.1, 0.15) is 50.8 Å². The first-order valence-corrected chi connectivity index (χ1v) is 14.3. The van der Waals surface area contributed by atoms with Gasteiger partial charge in [-0.1, -0.05) is 0 Å². The van der Waals surface area contributed by atoms with E-state index >= 15 is 0 Å². The minimum atomic E-state index is -0.167. The Morgan fingerprint density at radius 1 is 1.07 bits per heavy atom. The minimum Gasteiger partial charge on any atom is -0.354 e. The molecule has 4 heterocycles. The Balaban J connectivity index is 1.29. The van der Waals surface area contributed by atoms with Gasteiger partial charge in [-0.25, -0.2) is 14.6 Å². The zero-order valence-electron chi connectivity index (χ0n) is 23.6. The van der Waals surface area contributed by atoms with Crippen LogP contribution in [0.2, 0.25) is 0 Å². The number of likely N-dealkylation sites (tertiary alicyclic amines) is 2. The molecule has 0 aliphatic carbocycles. The molecule has 210 valence electrons. The van der Waals surface area contributed by atoms with Crippen LogP contribution in [0.25, 0.3) is 10.9 Å². The Kier molecular flexibility index (Phi) is 8.21. The Bertz CT molecular complexity index is 1420. The number of pyridine rings is 1. The molecule has 0 spiro atoms. The van der Waals surface area contributed by atoms with E-state index < -0.39 is 0 Å². The number of anilines is 3. The summed E-state index contributed by atoms with van der Waals surface area (Å²) in [5, 5.41) is 16.8. The van der Waals surface area contributed by atoms with Crippen LogP contribution in [0.3, 0.4) is 0 Å². The zero-order valence-corrected chi connectivity index (χ0v) is 23.6. The predicted octanol–water partition coefficient (Wildman–Crippen LogP) is 5.36. The summed E-state index contributed by atoms with van der Waals surface area (Å²) >= 11 is 0. The monoisotopic (exact) mass is 542 g/mol. The normalized spacial score (nSPS) is 16.2. The summed E-state index contributed by atoms with van der Waals surface area (Å²) in [6, 6.07) is 12.0. The Morgan fingerprint density at radius 3 is 2.48 bits per heavy atom. The number of nitrogens with zero attached hydrogens (tertiary/aromatic N) is 6. The highest BCUT2D eigenvalue weighted by atomic mass is 16.2. The van der Waals surface area contributed by atoms with E-state index in [4.69, 9.17) is 0 Å². The molecule has 5 rings (SSSR count). The quantitative estimate of drug-likeness (QED) is 0.434. The molecule has 0 bridgehead atoms. The Hall–Kier alpha value is -4.10. The number of hydrogen-bond acceptors (Lipinski definition) is 6. The maximum absolute atomic E-state index is 13.1. The van der Waals surface area contributed by atoms with E-state index in [1.54, 1.807) is 15.5 Å². The average Bonchev–Trinajstić information content (AvgIpc) is 3.61. The smallest absolute Gasteiger partial charge is 0.328 e. The number of carbonyl (C=O) groups excluding carboxylic acids is 2. The number of fused-ring (bicyclic) bond motifs is 1. The fourth-order valence-corrected chi connectivity index (χ4v) is 5.92. The van der Waals surface area contributed by atoms with Gasteiger partial charge in [0.05, 0.1) is 16.8 Å². The number of aryl methyl sites for hydroxylation is 1. The van der Waals surface area contributed by atoms with E-state index in [2.05, 4.69) is 26.6 Å². The van der Waals surface area contributed by atoms with Gasteiger partial charge in [-0.2, -0.15) is 5.26 Å². The molecule has 3 aromatic rings. The van der Waals surface area contributed by atoms with Gasteiger partial charge in [-0.15, -0.1) is 0 Å². The van der Waals surface area contributed by atoms with Gasteiger partial charge in [0.25, 0.3) is 0 Å². The van der Waals surface area contributed by atoms with Crippen molar-refractivity contribution in [2.24, 2.45) is 0 Å². The number of nitriles is 1. The van der Waals surface area contributed by atoms with Crippen molar-refractivity contribution in [1.82, 2.24) is 24.3 Å². The molecule has 10 nitrogen and oxygen atoms in total. The molecule has 2 N–H and O–H groups in total. The van der Waals surface area contributed by atoms with Crippen molar-refractivity contribution in [2.45, 2.75) is 52.5 Å². The van der Waals surface area contributed by atoms with E-state index in [1.165, 1.54) is 32.1 Å². The van der Waals surface area contributed by atoms with E-state index in [0.29, 0.717) is 36.2 Å². The first kappa shape index (κ1) is 27.5. The fraction of sp³-hybridized carbons (Fsp3) is 0.467. The Morgan fingerprint density at radius 2 is 1.80 bits per heavy atom. The van der Waals surface area contributed by atoms with Gasteiger partial charge in [-0.3, -0.25) is 9.88 Å². The Labute approximate surface area is 235 Å². The van der Waals surface area contributed by atoms with Crippen LogP contribution >= 0.6 is 0 Å². The molecule has 2 aromatic heterocycles. The maximum atomic E-state index is 13.1. The summed E-state index contributed by atoms with van der Waals surface area (Å²) in [6.45, 7) is 11.0. The maximum Gasteiger partial charge on any atom is 0.328 e. The molecular weight excluding hydrogens is 504 g/mol. The van der Waals surface area contributed by atoms with Crippen LogP contribution in [-0.2, 0) is 0 Å². The third-order valence-electron chi connectivity index (χ3n) is 8.16. The number of aromatic nitrogens is 2. The lowest BCUT2D eigenvalue weighted by atomic mass is 10.0. The van der Waals surface area contributed by atoms with E-state index in [0.717, 1.165) is 48.2 Å². The first-order valence-electron chi connectivity index (χ1n) is 14.3. The first-order chi connectivity index (χ1) is 19.4. The summed E-state index contributed by atoms with van der Waals surface area (Å²) in [6.07, 6.45) is 6.01. The number of hydrogen-bond donors (Lipinski definition) is 2. The molecule has 2 aliphatic rings.